The first-order valence-electron chi connectivity index (χ1n) is 6.11. The number of hydrogen-bond acceptors (Lipinski definition) is 5. The molecule has 21 heavy (non-hydrogen) atoms. The molecule has 0 fully saturated rings. The molecule has 0 aliphatic heterocycles. The van der Waals surface area contributed by atoms with Crippen LogP contribution in [0.15, 0.2) is 40.9 Å². The van der Waals surface area contributed by atoms with Gasteiger partial charge in [0.25, 0.3) is 0 Å². The Hall–Kier alpha value is -2.30. The fourth-order valence-corrected chi connectivity index (χ4v) is 3.23. The zero-order valence-corrected chi connectivity index (χ0v) is 12.4. The van der Waals surface area contributed by atoms with E-state index in [1.165, 1.54) is 23.1 Å². The number of aromatic nitrogens is 2. The summed E-state index contributed by atoms with van der Waals surface area (Å²) in [6.45, 7) is 0. The van der Waals surface area contributed by atoms with Gasteiger partial charge in [-0.05, 0) is 23.6 Å². The van der Waals surface area contributed by atoms with Gasteiger partial charge in [0.1, 0.15) is 11.1 Å². The van der Waals surface area contributed by atoms with E-state index < -0.39 is 0 Å². The van der Waals surface area contributed by atoms with Crippen LogP contribution in [0.3, 0.4) is 0 Å². The van der Waals surface area contributed by atoms with E-state index in [0.717, 1.165) is 11.0 Å². The SMILES string of the molecule is N#Cc1ccsc1NC(=O)CSc1nc2ccccc2[nH]1. The van der Waals surface area contributed by atoms with Gasteiger partial charge < -0.3 is 10.3 Å². The van der Waals surface area contributed by atoms with Crippen molar-refractivity contribution in [2.45, 2.75) is 5.16 Å². The molecule has 0 radical (unpaired) electrons. The standard InChI is InChI=1S/C14H10N4OS2/c15-7-9-5-6-20-13(9)18-12(19)8-21-14-16-10-3-1-2-4-11(10)17-14/h1-6H,8H2,(H,16,17)(H,18,19). The van der Waals surface area contributed by atoms with Gasteiger partial charge in [-0.3, -0.25) is 4.79 Å². The summed E-state index contributed by atoms with van der Waals surface area (Å²) in [6.07, 6.45) is 0. The van der Waals surface area contributed by atoms with E-state index in [1.54, 1.807) is 11.4 Å². The highest BCUT2D eigenvalue weighted by Crippen LogP contribution is 2.23. The summed E-state index contributed by atoms with van der Waals surface area (Å²) in [4.78, 5) is 19.4. The molecule has 104 valence electrons. The van der Waals surface area contributed by atoms with Crippen molar-refractivity contribution in [3.8, 4) is 6.07 Å². The van der Waals surface area contributed by atoms with E-state index in [2.05, 4.69) is 15.3 Å². The fraction of sp³-hybridized carbons (Fsp3) is 0.0714. The van der Waals surface area contributed by atoms with E-state index in [1.807, 2.05) is 30.3 Å². The Morgan fingerprint density at radius 3 is 3.10 bits per heavy atom. The number of benzene rings is 1. The van der Waals surface area contributed by atoms with Gasteiger partial charge >= 0.3 is 0 Å². The lowest BCUT2D eigenvalue weighted by Crippen LogP contribution is -2.13. The van der Waals surface area contributed by atoms with Gasteiger partial charge in [0.2, 0.25) is 5.91 Å². The summed E-state index contributed by atoms with van der Waals surface area (Å²) in [7, 11) is 0. The average Bonchev–Trinajstić information content (AvgIpc) is 3.10. The second-order valence-electron chi connectivity index (χ2n) is 4.17. The van der Waals surface area contributed by atoms with Gasteiger partial charge in [-0.25, -0.2) is 4.98 Å². The average molecular weight is 314 g/mol. The van der Waals surface area contributed by atoms with E-state index in [9.17, 15) is 4.79 Å². The highest BCUT2D eigenvalue weighted by atomic mass is 32.2. The number of carbonyl (C=O) groups excluding carboxylic acids is 1. The number of nitriles is 1. The summed E-state index contributed by atoms with van der Waals surface area (Å²) in [6, 6.07) is 11.4. The van der Waals surface area contributed by atoms with E-state index in [4.69, 9.17) is 5.26 Å². The van der Waals surface area contributed by atoms with Gasteiger partial charge in [-0.1, -0.05) is 23.9 Å². The minimum atomic E-state index is -0.153. The Labute approximate surface area is 129 Å². The zero-order valence-electron chi connectivity index (χ0n) is 10.8. The molecule has 1 amide bonds. The number of thiophene rings is 1. The van der Waals surface area contributed by atoms with Crippen LogP contribution in [0.25, 0.3) is 11.0 Å². The van der Waals surface area contributed by atoms with Crippen molar-refractivity contribution in [2.24, 2.45) is 0 Å². The number of hydrogen-bond donors (Lipinski definition) is 2. The van der Waals surface area contributed by atoms with Gasteiger partial charge in [-0.2, -0.15) is 5.26 Å². The minimum Gasteiger partial charge on any atom is -0.333 e. The normalized spacial score (nSPS) is 10.4. The Kier molecular flexibility index (Phi) is 3.90. The molecule has 0 saturated carbocycles. The number of H-pyrrole nitrogens is 1. The van der Waals surface area contributed by atoms with Crippen LogP contribution in [0.2, 0.25) is 0 Å². The molecule has 0 bridgehead atoms. The van der Waals surface area contributed by atoms with Gasteiger partial charge in [-0.15, -0.1) is 11.3 Å². The van der Waals surface area contributed by atoms with E-state index in [0.29, 0.717) is 15.7 Å². The Bertz CT molecular complexity index is 798. The number of para-hydroxylation sites is 2. The van der Waals surface area contributed by atoms with Crippen LogP contribution in [-0.4, -0.2) is 21.6 Å². The monoisotopic (exact) mass is 314 g/mol. The lowest BCUT2D eigenvalue weighted by atomic mass is 10.3. The lowest BCUT2D eigenvalue weighted by molar-refractivity contribution is -0.113. The van der Waals surface area contributed by atoms with Crippen molar-refractivity contribution in [1.29, 1.82) is 5.26 Å². The molecule has 0 unspecified atom stereocenters. The number of carbonyl (C=O) groups is 1. The van der Waals surface area contributed by atoms with Crippen LogP contribution in [-0.2, 0) is 4.79 Å². The summed E-state index contributed by atoms with van der Waals surface area (Å²) < 4.78 is 0. The molecule has 1 aromatic carbocycles. The Morgan fingerprint density at radius 1 is 1.43 bits per heavy atom. The van der Waals surface area contributed by atoms with Crippen molar-refractivity contribution in [3.63, 3.8) is 0 Å². The second-order valence-corrected chi connectivity index (χ2v) is 6.05. The maximum absolute atomic E-state index is 11.9. The topological polar surface area (TPSA) is 81.6 Å². The highest BCUT2D eigenvalue weighted by Gasteiger charge is 2.10. The lowest BCUT2D eigenvalue weighted by Gasteiger charge is -2.01. The Balaban J connectivity index is 1.62. The largest absolute Gasteiger partial charge is 0.333 e. The minimum absolute atomic E-state index is 0.153. The van der Waals surface area contributed by atoms with Crippen molar-refractivity contribution in [3.05, 3.63) is 41.3 Å². The quantitative estimate of drug-likeness (QED) is 0.724. The zero-order chi connectivity index (χ0) is 14.7. The first-order valence-corrected chi connectivity index (χ1v) is 7.98. The van der Waals surface area contributed by atoms with Crippen molar-refractivity contribution < 1.29 is 4.79 Å². The van der Waals surface area contributed by atoms with Gasteiger partial charge in [0, 0.05) is 0 Å². The predicted molar refractivity (Wildman–Crippen MR) is 84.5 cm³/mol. The molecule has 2 N–H and O–H groups in total. The number of nitrogens with zero attached hydrogens (tertiary/aromatic N) is 2. The number of imidazole rings is 1. The second kappa shape index (κ2) is 5.99. The molecule has 5 nitrogen and oxygen atoms in total. The molecular weight excluding hydrogens is 304 g/mol. The molecule has 0 aliphatic carbocycles. The summed E-state index contributed by atoms with van der Waals surface area (Å²) in [5.41, 5.74) is 2.32. The highest BCUT2D eigenvalue weighted by molar-refractivity contribution is 7.99. The molecule has 0 aliphatic rings. The van der Waals surface area contributed by atoms with Crippen LogP contribution >= 0.6 is 23.1 Å². The maximum Gasteiger partial charge on any atom is 0.235 e. The number of amides is 1. The number of anilines is 1. The number of nitrogens with one attached hydrogen (secondary N) is 2. The van der Waals surface area contributed by atoms with Crippen LogP contribution in [0.4, 0.5) is 5.00 Å². The summed E-state index contributed by atoms with van der Waals surface area (Å²) in [5, 5.41) is 14.7. The van der Waals surface area contributed by atoms with Crippen LogP contribution in [0.1, 0.15) is 5.56 Å². The third kappa shape index (κ3) is 3.07. The number of rotatable bonds is 4. The molecule has 0 atom stereocenters. The summed E-state index contributed by atoms with van der Waals surface area (Å²) in [5.74, 6) is 0.0854. The van der Waals surface area contributed by atoms with E-state index >= 15 is 0 Å². The van der Waals surface area contributed by atoms with Crippen molar-refractivity contribution in [2.75, 3.05) is 11.1 Å². The summed E-state index contributed by atoms with van der Waals surface area (Å²) >= 11 is 2.67. The van der Waals surface area contributed by atoms with Crippen LogP contribution in [0.5, 0.6) is 0 Å². The van der Waals surface area contributed by atoms with Crippen molar-refractivity contribution >= 4 is 45.0 Å². The molecule has 3 aromatic rings. The van der Waals surface area contributed by atoms with Gasteiger partial charge in [0.05, 0.1) is 22.3 Å². The molecule has 2 heterocycles. The predicted octanol–water partition coefficient (Wildman–Crippen LogP) is 3.23. The van der Waals surface area contributed by atoms with Crippen LogP contribution < -0.4 is 5.32 Å². The number of fused-ring (bicyclic) bond motifs is 1. The molecule has 3 rings (SSSR count). The van der Waals surface area contributed by atoms with Crippen LogP contribution in [0, 0.1) is 11.3 Å². The smallest absolute Gasteiger partial charge is 0.235 e. The van der Waals surface area contributed by atoms with E-state index in [-0.39, 0.29) is 11.7 Å². The third-order valence-corrected chi connectivity index (χ3v) is 4.45. The Morgan fingerprint density at radius 2 is 2.29 bits per heavy atom. The molecule has 0 spiro atoms. The number of thioether (sulfide) groups is 1. The maximum atomic E-state index is 11.9. The fourth-order valence-electron chi connectivity index (χ4n) is 1.79. The molecule has 7 heteroatoms. The first-order chi connectivity index (χ1) is 10.3. The van der Waals surface area contributed by atoms with Gasteiger partial charge in [0.15, 0.2) is 5.16 Å². The molecular formula is C14H10N4OS2. The van der Waals surface area contributed by atoms with Crippen molar-refractivity contribution in [1.82, 2.24) is 9.97 Å². The third-order valence-electron chi connectivity index (χ3n) is 2.75. The number of aromatic amines is 1. The first kappa shape index (κ1) is 13.7. The molecule has 0 saturated heterocycles. The molecule has 2 aromatic heterocycles.